The van der Waals surface area contributed by atoms with Crippen LogP contribution in [0.4, 0.5) is 11.4 Å². The number of nitrogens with zero attached hydrogens (tertiary/aromatic N) is 1. The first-order valence-corrected chi connectivity index (χ1v) is 8.34. The number of carbonyl (C=O) groups is 2. The van der Waals surface area contributed by atoms with E-state index >= 15 is 0 Å². The molecule has 0 saturated carbocycles. The maximum absolute atomic E-state index is 12.1. The molecule has 1 aromatic carbocycles. The smallest absolute Gasteiger partial charge is 0.313 e. The molecule has 1 aliphatic heterocycles. The van der Waals surface area contributed by atoms with Gasteiger partial charge in [0.1, 0.15) is 0 Å². The molecule has 24 heavy (non-hydrogen) atoms. The van der Waals surface area contributed by atoms with E-state index in [0.29, 0.717) is 31.9 Å². The van der Waals surface area contributed by atoms with E-state index in [-0.39, 0.29) is 6.61 Å². The molecular weight excluding hydrogens is 310 g/mol. The number of ether oxygens (including phenoxy) is 1. The summed E-state index contributed by atoms with van der Waals surface area (Å²) in [6, 6.07) is 7.44. The normalized spacial score (nSPS) is 14.3. The molecule has 1 aliphatic rings. The number of nitrogens with one attached hydrogen (secondary N) is 2. The van der Waals surface area contributed by atoms with Crippen LogP contribution in [0.1, 0.15) is 19.3 Å². The minimum atomic E-state index is -0.669. The molecule has 7 heteroatoms. The number of morpholine rings is 1. The molecule has 0 spiro atoms. The van der Waals surface area contributed by atoms with Gasteiger partial charge in [-0.2, -0.15) is 0 Å². The number of benzene rings is 1. The van der Waals surface area contributed by atoms with Crippen molar-refractivity contribution < 1.29 is 19.4 Å². The second kappa shape index (κ2) is 9.89. The number of anilines is 2. The van der Waals surface area contributed by atoms with Gasteiger partial charge in [-0.15, -0.1) is 0 Å². The second-order valence-electron chi connectivity index (χ2n) is 5.61. The van der Waals surface area contributed by atoms with Crippen LogP contribution < -0.4 is 15.5 Å². The van der Waals surface area contributed by atoms with Gasteiger partial charge in [-0.05, 0) is 31.4 Å². The van der Waals surface area contributed by atoms with Crippen LogP contribution in [0, 0.1) is 0 Å². The van der Waals surface area contributed by atoms with Crippen LogP contribution in [0.15, 0.2) is 24.3 Å². The standard InChI is InChI=1S/C17H25N3O4/c21-11-5-1-4-8-18-16(22)17(23)19-14-6-2-3-7-15(14)20-9-12-24-13-10-20/h2-3,6-7,21H,1,4-5,8-13H2,(H,18,22)(H,19,23). The summed E-state index contributed by atoms with van der Waals surface area (Å²) < 4.78 is 5.34. The number of carbonyl (C=O) groups excluding carboxylic acids is 2. The Balaban J connectivity index is 1.88. The zero-order valence-corrected chi connectivity index (χ0v) is 13.8. The van der Waals surface area contributed by atoms with Crippen molar-refractivity contribution in [3.8, 4) is 0 Å². The Morgan fingerprint density at radius 1 is 1.08 bits per heavy atom. The van der Waals surface area contributed by atoms with Crippen LogP contribution in [0.25, 0.3) is 0 Å². The van der Waals surface area contributed by atoms with E-state index in [9.17, 15) is 9.59 Å². The molecule has 0 unspecified atom stereocenters. The van der Waals surface area contributed by atoms with E-state index in [2.05, 4.69) is 15.5 Å². The van der Waals surface area contributed by atoms with E-state index in [1.54, 1.807) is 6.07 Å². The molecule has 1 fully saturated rings. The third-order valence-corrected chi connectivity index (χ3v) is 3.83. The van der Waals surface area contributed by atoms with Gasteiger partial charge in [0.25, 0.3) is 0 Å². The van der Waals surface area contributed by atoms with Crippen LogP contribution in [-0.4, -0.2) is 56.4 Å². The van der Waals surface area contributed by atoms with Crippen molar-refractivity contribution in [1.29, 1.82) is 0 Å². The molecule has 2 rings (SSSR count). The van der Waals surface area contributed by atoms with Crippen molar-refractivity contribution in [1.82, 2.24) is 5.32 Å². The number of unbranched alkanes of at least 4 members (excludes halogenated alkanes) is 2. The molecule has 2 amide bonds. The molecule has 1 heterocycles. The second-order valence-corrected chi connectivity index (χ2v) is 5.61. The van der Waals surface area contributed by atoms with Gasteiger partial charge in [-0.1, -0.05) is 12.1 Å². The lowest BCUT2D eigenvalue weighted by atomic mass is 10.2. The topological polar surface area (TPSA) is 90.9 Å². The van der Waals surface area contributed by atoms with Crippen molar-refractivity contribution in [2.75, 3.05) is 49.7 Å². The molecule has 1 aromatic rings. The van der Waals surface area contributed by atoms with Gasteiger partial charge < -0.3 is 25.4 Å². The van der Waals surface area contributed by atoms with E-state index < -0.39 is 11.8 Å². The largest absolute Gasteiger partial charge is 0.396 e. The Bertz CT molecular complexity index is 544. The maximum Gasteiger partial charge on any atom is 0.313 e. The Morgan fingerprint density at radius 3 is 2.58 bits per heavy atom. The van der Waals surface area contributed by atoms with Crippen LogP contribution in [0.3, 0.4) is 0 Å². The number of para-hydroxylation sites is 2. The Labute approximate surface area is 142 Å². The number of hydrogen-bond acceptors (Lipinski definition) is 5. The third-order valence-electron chi connectivity index (χ3n) is 3.83. The van der Waals surface area contributed by atoms with E-state index in [4.69, 9.17) is 9.84 Å². The molecule has 0 aliphatic carbocycles. The van der Waals surface area contributed by atoms with Gasteiger partial charge in [0, 0.05) is 26.2 Å². The van der Waals surface area contributed by atoms with E-state index in [0.717, 1.165) is 31.6 Å². The predicted octanol–water partition coefficient (Wildman–Crippen LogP) is 0.740. The third kappa shape index (κ3) is 5.50. The highest BCUT2D eigenvalue weighted by Crippen LogP contribution is 2.26. The van der Waals surface area contributed by atoms with Gasteiger partial charge in [-0.3, -0.25) is 9.59 Å². The Hall–Kier alpha value is -2.12. The summed E-state index contributed by atoms with van der Waals surface area (Å²) >= 11 is 0. The first-order valence-electron chi connectivity index (χ1n) is 8.34. The molecular formula is C17H25N3O4. The zero-order valence-electron chi connectivity index (χ0n) is 13.8. The van der Waals surface area contributed by atoms with E-state index in [1.807, 2.05) is 18.2 Å². The van der Waals surface area contributed by atoms with E-state index in [1.165, 1.54) is 0 Å². The highest BCUT2D eigenvalue weighted by Gasteiger charge is 2.18. The molecule has 0 atom stereocenters. The van der Waals surface area contributed by atoms with Crippen molar-refractivity contribution in [2.24, 2.45) is 0 Å². The summed E-state index contributed by atoms with van der Waals surface area (Å²) in [7, 11) is 0. The minimum absolute atomic E-state index is 0.146. The van der Waals surface area contributed by atoms with Crippen molar-refractivity contribution in [3.63, 3.8) is 0 Å². The maximum atomic E-state index is 12.1. The average Bonchev–Trinajstić information content (AvgIpc) is 2.62. The fourth-order valence-corrected chi connectivity index (χ4v) is 2.53. The van der Waals surface area contributed by atoms with Gasteiger partial charge >= 0.3 is 11.8 Å². The fraction of sp³-hybridized carbons (Fsp3) is 0.529. The molecule has 0 radical (unpaired) electrons. The summed E-state index contributed by atoms with van der Waals surface area (Å²) in [6.45, 7) is 3.38. The number of amides is 2. The summed E-state index contributed by atoms with van der Waals surface area (Å²) in [5, 5.41) is 14.0. The molecule has 132 valence electrons. The number of aliphatic hydroxyl groups is 1. The van der Waals surface area contributed by atoms with Gasteiger partial charge in [0.2, 0.25) is 0 Å². The lowest BCUT2D eigenvalue weighted by molar-refractivity contribution is -0.136. The lowest BCUT2D eigenvalue weighted by Crippen LogP contribution is -2.38. The molecule has 3 N–H and O–H groups in total. The fourth-order valence-electron chi connectivity index (χ4n) is 2.53. The number of hydrogen-bond donors (Lipinski definition) is 3. The monoisotopic (exact) mass is 335 g/mol. The van der Waals surface area contributed by atoms with Gasteiger partial charge in [-0.25, -0.2) is 0 Å². The first kappa shape index (κ1) is 18.2. The highest BCUT2D eigenvalue weighted by molar-refractivity contribution is 6.39. The average molecular weight is 335 g/mol. The molecule has 0 aromatic heterocycles. The summed E-state index contributed by atoms with van der Waals surface area (Å²) in [5.74, 6) is -1.31. The van der Waals surface area contributed by atoms with Crippen molar-refractivity contribution in [3.05, 3.63) is 24.3 Å². The van der Waals surface area contributed by atoms with Crippen molar-refractivity contribution in [2.45, 2.75) is 19.3 Å². The van der Waals surface area contributed by atoms with Crippen molar-refractivity contribution >= 4 is 23.2 Å². The van der Waals surface area contributed by atoms with Crippen LogP contribution in [-0.2, 0) is 14.3 Å². The Morgan fingerprint density at radius 2 is 1.83 bits per heavy atom. The van der Waals surface area contributed by atoms with Crippen LogP contribution in [0.5, 0.6) is 0 Å². The summed E-state index contributed by atoms with van der Waals surface area (Å²) in [5.41, 5.74) is 1.52. The molecule has 7 nitrogen and oxygen atoms in total. The highest BCUT2D eigenvalue weighted by atomic mass is 16.5. The summed E-state index contributed by atoms with van der Waals surface area (Å²) in [4.78, 5) is 26.1. The molecule has 1 saturated heterocycles. The van der Waals surface area contributed by atoms with Crippen LogP contribution >= 0.6 is 0 Å². The minimum Gasteiger partial charge on any atom is -0.396 e. The number of rotatable bonds is 7. The van der Waals surface area contributed by atoms with Gasteiger partial charge in [0.05, 0.1) is 24.6 Å². The van der Waals surface area contributed by atoms with Crippen LogP contribution in [0.2, 0.25) is 0 Å². The molecule has 0 bridgehead atoms. The first-order chi connectivity index (χ1) is 11.7. The predicted molar refractivity (Wildman–Crippen MR) is 92.1 cm³/mol. The van der Waals surface area contributed by atoms with Gasteiger partial charge in [0.15, 0.2) is 0 Å². The lowest BCUT2D eigenvalue weighted by Gasteiger charge is -2.30. The zero-order chi connectivity index (χ0) is 17.2. The quantitative estimate of drug-likeness (QED) is 0.505. The Kier molecular flexibility index (Phi) is 7.51. The SMILES string of the molecule is O=C(NCCCCCO)C(=O)Nc1ccccc1N1CCOCC1. The summed E-state index contributed by atoms with van der Waals surface area (Å²) in [6.07, 6.45) is 2.26. The number of aliphatic hydroxyl groups excluding tert-OH is 1.